The van der Waals surface area contributed by atoms with Crippen molar-refractivity contribution in [2.75, 3.05) is 30.8 Å². The molecule has 3 N–H and O–H groups in total. The number of carbonyl (C=O) groups is 2. The number of benzene rings is 1. The number of anilines is 2. The number of amidine groups is 1. The van der Waals surface area contributed by atoms with E-state index < -0.39 is 28.5 Å². The molecule has 1 amide bonds. The summed E-state index contributed by atoms with van der Waals surface area (Å²) in [4.78, 5) is 28.8. The van der Waals surface area contributed by atoms with E-state index in [1.807, 2.05) is 0 Å². The molecule has 1 aromatic carbocycles. The molecule has 172 valence electrons. The minimum atomic E-state index is -3.83. The lowest BCUT2D eigenvalue weighted by atomic mass is 10.2. The maximum Gasteiger partial charge on any atom is 0.343 e. The predicted octanol–water partition coefficient (Wildman–Crippen LogP) is 2.54. The Kier molecular flexibility index (Phi) is 7.80. The number of nitrogens with zero attached hydrogens (tertiary/aromatic N) is 2. The number of sulfonamides is 1. The Hall–Kier alpha value is -2.99. The summed E-state index contributed by atoms with van der Waals surface area (Å²) in [6, 6.07) is 5.84. The highest BCUT2D eigenvalue weighted by atomic mass is 32.2. The molecule has 10 nitrogen and oxygen atoms in total. The fourth-order valence-corrected chi connectivity index (χ4v) is 4.96. The number of esters is 1. The van der Waals surface area contributed by atoms with Crippen LogP contribution in [-0.4, -0.2) is 50.7 Å². The van der Waals surface area contributed by atoms with Crippen LogP contribution in [-0.2, 0) is 19.6 Å². The predicted molar refractivity (Wildman–Crippen MR) is 123 cm³/mol. The average molecular weight is 480 g/mol. The first-order chi connectivity index (χ1) is 15.3. The Labute approximate surface area is 190 Å². The summed E-state index contributed by atoms with van der Waals surface area (Å²) in [6.45, 7) is 1.75. The van der Waals surface area contributed by atoms with E-state index in [0.717, 1.165) is 30.8 Å². The zero-order valence-corrected chi connectivity index (χ0v) is 19.4. The lowest BCUT2D eigenvalue weighted by Gasteiger charge is -2.11. The van der Waals surface area contributed by atoms with Gasteiger partial charge in [0.2, 0.25) is 0 Å². The van der Waals surface area contributed by atoms with Crippen molar-refractivity contribution in [2.45, 2.75) is 37.5 Å². The minimum Gasteiger partial charge on any atom is -0.452 e. The first-order valence-electron chi connectivity index (χ1n) is 10.1. The van der Waals surface area contributed by atoms with Crippen molar-refractivity contribution in [2.24, 2.45) is 4.99 Å². The number of ether oxygens (including phenoxy) is 1. The Morgan fingerprint density at radius 1 is 1.22 bits per heavy atom. The monoisotopic (exact) mass is 479 g/mol. The van der Waals surface area contributed by atoms with Crippen LogP contribution in [0.4, 0.5) is 10.7 Å². The van der Waals surface area contributed by atoms with Crippen LogP contribution >= 0.6 is 11.5 Å². The molecule has 0 bridgehead atoms. The summed E-state index contributed by atoms with van der Waals surface area (Å²) in [5.74, 6) is -0.815. The minimum absolute atomic E-state index is 0.00197. The van der Waals surface area contributed by atoms with Gasteiger partial charge in [-0.05, 0) is 49.5 Å². The molecular formula is C20H25N5O5S2. The van der Waals surface area contributed by atoms with Gasteiger partial charge in [0.1, 0.15) is 16.4 Å². The second kappa shape index (κ2) is 10.6. The van der Waals surface area contributed by atoms with E-state index in [1.165, 1.54) is 18.2 Å². The molecule has 0 saturated carbocycles. The lowest BCUT2D eigenvalue weighted by Crippen LogP contribution is -2.30. The summed E-state index contributed by atoms with van der Waals surface area (Å²) in [5, 5.41) is 5.96. The summed E-state index contributed by atoms with van der Waals surface area (Å²) in [6.07, 6.45) is 3.41. The molecule has 2 heterocycles. The highest BCUT2D eigenvalue weighted by molar-refractivity contribution is 7.90. The van der Waals surface area contributed by atoms with Crippen molar-refractivity contribution in [1.29, 1.82) is 0 Å². The van der Waals surface area contributed by atoms with E-state index in [-0.39, 0.29) is 16.1 Å². The zero-order chi connectivity index (χ0) is 23.1. The van der Waals surface area contributed by atoms with Crippen molar-refractivity contribution in [3.63, 3.8) is 0 Å². The number of nitrogens with one attached hydrogen (secondary N) is 3. The van der Waals surface area contributed by atoms with E-state index in [4.69, 9.17) is 4.74 Å². The number of aliphatic imine (C=N–C) groups is 1. The first kappa shape index (κ1) is 23.7. The summed E-state index contributed by atoms with van der Waals surface area (Å²) < 4.78 is 37.1. The van der Waals surface area contributed by atoms with Crippen LogP contribution in [0.3, 0.4) is 0 Å². The van der Waals surface area contributed by atoms with Crippen LogP contribution in [0.15, 0.2) is 34.2 Å². The molecule has 0 saturated heterocycles. The highest BCUT2D eigenvalue weighted by Crippen LogP contribution is 2.24. The van der Waals surface area contributed by atoms with Crippen LogP contribution in [0, 0.1) is 6.92 Å². The molecule has 3 rings (SSSR count). The second-order valence-electron chi connectivity index (χ2n) is 7.12. The molecule has 1 aromatic heterocycles. The van der Waals surface area contributed by atoms with Gasteiger partial charge in [0.15, 0.2) is 6.61 Å². The number of carbonyl (C=O) groups excluding carboxylic acids is 2. The van der Waals surface area contributed by atoms with Gasteiger partial charge in [-0.15, -0.1) is 0 Å². The van der Waals surface area contributed by atoms with Crippen LogP contribution in [0.2, 0.25) is 0 Å². The van der Waals surface area contributed by atoms with Gasteiger partial charge < -0.3 is 15.4 Å². The SMILES string of the molecule is CNc1snc(C)c1C(=O)OCC(=O)Nc1cccc(S(=O)(=O)NC2=NCCCCC2)c1. The fourth-order valence-electron chi connectivity index (χ4n) is 3.09. The van der Waals surface area contributed by atoms with Crippen LogP contribution in [0.25, 0.3) is 0 Å². The fraction of sp³-hybridized carbons (Fsp3) is 0.400. The Bertz CT molecular complexity index is 1130. The highest BCUT2D eigenvalue weighted by Gasteiger charge is 2.21. The number of aromatic nitrogens is 1. The Morgan fingerprint density at radius 2 is 2.03 bits per heavy atom. The van der Waals surface area contributed by atoms with E-state index in [2.05, 4.69) is 24.7 Å². The Balaban J connectivity index is 1.61. The molecule has 0 aliphatic carbocycles. The van der Waals surface area contributed by atoms with Gasteiger partial charge in [-0.1, -0.05) is 12.5 Å². The third-order valence-corrected chi connectivity index (χ3v) is 7.02. The second-order valence-corrected chi connectivity index (χ2v) is 9.57. The van der Waals surface area contributed by atoms with Crippen LogP contribution < -0.4 is 15.4 Å². The standard InChI is InChI=1S/C20H25N5O5S2/c1-13-18(19(21-2)31-24-13)20(27)30-12-17(26)23-14-7-6-8-15(11-14)32(28,29)25-16-9-4-3-5-10-22-16/h6-8,11,21H,3-5,9-10,12H2,1-2H3,(H,22,25)(H,23,26). The van der Waals surface area contributed by atoms with Gasteiger partial charge in [0, 0.05) is 25.7 Å². The molecule has 0 fully saturated rings. The molecule has 32 heavy (non-hydrogen) atoms. The number of hydrogen-bond donors (Lipinski definition) is 3. The molecule has 0 spiro atoms. The summed E-state index contributed by atoms with van der Waals surface area (Å²) in [5.41, 5.74) is 1.06. The van der Waals surface area contributed by atoms with Gasteiger partial charge >= 0.3 is 5.97 Å². The van der Waals surface area contributed by atoms with E-state index >= 15 is 0 Å². The van der Waals surface area contributed by atoms with Crippen molar-refractivity contribution >= 4 is 50.0 Å². The van der Waals surface area contributed by atoms with Gasteiger partial charge in [-0.2, -0.15) is 4.37 Å². The molecule has 2 aromatic rings. The molecule has 12 heteroatoms. The molecule has 0 unspecified atom stereocenters. The van der Waals surface area contributed by atoms with Crippen molar-refractivity contribution < 1.29 is 22.7 Å². The zero-order valence-electron chi connectivity index (χ0n) is 17.8. The van der Waals surface area contributed by atoms with E-state index in [0.29, 0.717) is 29.5 Å². The molecule has 1 aliphatic heterocycles. The van der Waals surface area contributed by atoms with E-state index in [9.17, 15) is 18.0 Å². The topological polar surface area (TPSA) is 139 Å². The molecule has 0 radical (unpaired) electrons. The summed E-state index contributed by atoms with van der Waals surface area (Å²) in [7, 11) is -2.17. The molecular weight excluding hydrogens is 454 g/mol. The number of hydrogen-bond acceptors (Lipinski definition) is 9. The normalized spacial score (nSPS) is 14.1. The summed E-state index contributed by atoms with van der Waals surface area (Å²) >= 11 is 1.12. The third kappa shape index (κ3) is 6.04. The number of rotatable bonds is 7. The van der Waals surface area contributed by atoms with Gasteiger partial charge in [-0.25, -0.2) is 13.2 Å². The van der Waals surface area contributed by atoms with Gasteiger partial charge in [-0.3, -0.25) is 14.5 Å². The first-order valence-corrected chi connectivity index (χ1v) is 12.3. The smallest absolute Gasteiger partial charge is 0.343 e. The Morgan fingerprint density at radius 3 is 2.81 bits per heavy atom. The number of amides is 1. The quantitative estimate of drug-likeness (QED) is 0.519. The van der Waals surface area contributed by atoms with Gasteiger partial charge in [0.25, 0.3) is 15.9 Å². The number of aryl methyl sites for hydroxylation is 1. The van der Waals surface area contributed by atoms with Crippen molar-refractivity contribution in [3.8, 4) is 0 Å². The average Bonchev–Trinajstić information content (AvgIpc) is 2.96. The van der Waals surface area contributed by atoms with Crippen LogP contribution in [0.1, 0.15) is 41.7 Å². The maximum atomic E-state index is 12.7. The molecule has 0 atom stereocenters. The van der Waals surface area contributed by atoms with E-state index in [1.54, 1.807) is 20.0 Å². The van der Waals surface area contributed by atoms with Gasteiger partial charge in [0.05, 0.1) is 10.6 Å². The van der Waals surface area contributed by atoms with Crippen LogP contribution in [0.5, 0.6) is 0 Å². The largest absolute Gasteiger partial charge is 0.452 e. The molecule has 1 aliphatic rings. The lowest BCUT2D eigenvalue weighted by molar-refractivity contribution is -0.119. The van der Waals surface area contributed by atoms with Crippen molar-refractivity contribution in [3.05, 3.63) is 35.5 Å². The maximum absolute atomic E-state index is 12.7. The van der Waals surface area contributed by atoms with Crippen molar-refractivity contribution in [1.82, 2.24) is 9.10 Å². The third-order valence-electron chi connectivity index (χ3n) is 4.68.